The lowest BCUT2D eigenvalue weighted by Gasteiger charge is -2.20. The first-order valence-corrected chi connectivity index (χ1v) is 9.63. The molecule has 0 bridgehead atoms. The molecule has 0 aliphatic heterocycles. The monoisotopic (exact) mass is 385 g/mol. The van der Waals surface area contributed by atoms with Gasteiger partial charge in [0.25, 0.3) is 5.91 Å². The summed E-state index contributed by atoms with van der Waals surface area (Å²) in [6.07, 6.45) is 0. The standard InChI is InChI=1S/C17H27N3O5S/c1-12(11-25-5)20-26(23,24)14-8-6-13(7-9-14)16(22)18-10-15(21)19-17(2,3)4/h6-9,12,20H,10-11H2,1-5H3,(H,18,22)(H,19,21)/t12-/m1/s1. The molecule has 9 heteroatoms. The fraction of sp³-hybridized carbons (Fsp3) is 0.529. The van der Waals surface area contributed by atoms with Crippen LogP contribution in [0.2, 0.25) is 0 Å². The maximum atomic E-state index is 12.2. The first-order chi connectivity index (χ1) is 11.9. The van der Waals surface area contributed by atoms with Crippen molar-refractivity contribution in [2.24, 2.45) is 0 Å². The number of sulfonamides is 1. The third kappa shape index (κ3) is 7.51. The van der Waals surface area contributed by atoms with E-state index in [9.17, 15) is 18.0 Å². The molecule has 1 atom stereocenters. The summed E-state index contributed by atoms with van der Waals surface area (Å²) in [5.41, 5.74) is -0.123. The van der Waals surface area contributed by atoms with Gasteiger partial charge in [-0.2, -0.15) is 0 Å². The highest BCUT2D eigenvalue weighted by atomic mass is 32.2. The average molecular weight is 385 g/mol. The Balaban J connectivity index is 2.69. The lowest BCUT2D eigenvalue weighted by atomic mass is 10.1. The molecule has 26 heavy (non-hydrogen) atoms. The molecular formula is C17H27N3O5S. The van der Waals surface area contributed by atoms with E-state index in [0.29, 0.717) is 0 Å². The summed E-state index contributed by atoms with van der Waals surface area (Å²) in [6, 6.07) is 5.09. The molecule has 0 saturated carbocycles. The normalized spacial score (nSPS) is 13.1. The van der Waals surface area contributed by atoms with Crippen LogP contribution in [0.3, 0.4) is 0 Å². The molecule has 0 radical (unpaired) electrons. The molecule has 1 aromatic carbocycles. The molecule has 8 nitrogen and oxygen atoms in total. The SMILES string of the molecule is COC[C@@H](C)NS(=O)(=O)c1ccc(C(=O)NCC(=O)NC(C)(C)C)cc1. The van der Waals surface area contributed by atoms with Crippen LogP contribution in [0.15, 0.2) is 29.2 Å². The Kier molecular flexibility index (Phi) is 7.73. The van der Waals surface area contributed by atoms with Gasteiger partial charge < -0.3 is 15.4 Å². The summed E-state index contributed by atoms with van der Waals surface area (Å²) in [5.74, 6) is -0.764. The third-order valence-corrected chi connectivity index (χ3v) is 4.73. The number of nitrogens with one attached hydrogen (secondary N) is 3. The number of carbonyl (C=O) groups excluding carboxylic acids is 2. The molecule has 146 valence electrons. The predicted octanol–water partition coefficient (Wildman–Crippen LogP) is 0.644. The van der Waals surface area contributed by atoms with E-state index in [0.717, 1.165) is 0 Å². The summed E-state index contributed by atoms with van der Waals surface area (Å²) in [6.45, 7) is 7.29. The Hall–Kier alpha value is -1.97. The van der Waals surface area contributed by atoms with Crippen LogP contribution in [0.25, 0.3) is 0 Å². The van der Waals surface area contributed by atoms with E-state index in [1.54, 1.807) is 6.92 Å². The van der Waals surface area contributed by atoms with E-state index in [1.165, 1.54) is 31.4 Å². The summed E-state index contributed by atoms with van der Waals surface area (Å²) < 4.78 is 31.8. The van der Waals surface area contributed by atoms with Crippen molar-refractivity contribution in [2.75, 3.05) is 20.3 Å². The summed E-state index contributed by atoms with van der Waals surface area (Å²) >= 11 is 0. The highest BCUT2D eigenvalue weighted by Gasteiger charge is 2.18. The zero-order valence-electron chi connectivity index (χ0n) is 15.8. The number of hydrogen-bond donors (Lipinski definition) is 3. The van der Waals surface area contributed by atoms with Crippen molar-refractivity contribution < 1.29 is 22.7 Å². The Labute approximate surface area is 154 Å². The van der Waals surface area contributed by atoms with Crippen molar-refractivity contribution in [1.29, 1.82) is 0 Å². The van der Waals surface area contributed by atoms with Crippen LogP contribution in [-0.4, -0.2) is 52.1 Å². The molecule has 0 fully saturated rings. The van der Waals surface area contributed by atoms with Crippen LogP contribution >= 0.6 is 0 Å². The van der Waals surface area contributed by atoms with Crippen molar-refractivity contribution in [1.82, 2.24) is 15.4 Å². The largest absolute Gasteiger partial charge is 0.383 e. The van der Waals surface area contributed by atoms with Crippen LogP contribution in [0.5, 0.6) is 0 Å². The van der Waals surface area contributed by atoms with Crippen LogP contribution in [-0.2, 0) is 19.6 Å². The quantitative estimate of drug-likeness (QED) is 0.608. The zero-order chi connectivity index (χ0) is 20.0. The van der Waals surface area contributed by atoms with Crippen molar-refractivity contribution >= 4 is 21.8 Å². The second-order valence-electron chi connectivity index (χ2n) is 6.98. The van der Waals surface area contributed by atoms with E-state index in [4.69, 9.17) is 4.74 Å². The van der Waals surface area contributed by atoms with Crippen molar-refractivity contribution in [2.45, 2.75) is 44.2 Å². The second-order valence-corrected chi connectivity index (χ2v) is 8.70. The van der Waals surface area contributed by atoms with Gasteiger partial charge in [0.2, 0.25) is 15.9 Å². The first kappa shape index (κ1) is 22.1. The number of rotatable bonds is 8. The van der Waals surface area contributed by atoms with E-state index in [2.05, 4.69) is 15.4 Å². The number of ether oxygens (including phenoxy) is 1. The zero-order valence-corrected chi connectivity index (χ0v) is 16.6. The first-order valence-electron chi connectivity index (χ1n) is 8.15. The Morgan fingerprint density at radius 1 is 1.15 bits per heavy atom. The molecule has 0 unspecified atom stereocenters. The van der Waals surface area contributed by atoms with Gasteiger partial charge >= 0.3 is 0 Å². The van der Waals surface area contributed by atoms with E-state index in [-0.39, 0.29) is 41.1 Å². The Morgan fingerprint density at radius 2 is 1.73 bits per heavy atom. The molecule has 0 aromatic heterocycles. The fourth-order valence-electron chi connectivity index (χ4n) is 2.13. The number of methoxy groups -OCH3 is 1. The molecular weight excluding hydrogens is 358 g/mol. The van der Waals surface area contributed by atoms with Crippen LogP contribution < -0.4 is 15.4 Å². The van der Waals surface area contributed by atoms with Crippen molar-refractivity contribution in [3.8, 4) is 0 Å². The van der Waals surface area contributed by atoms with Crippen LogP contribution in [0.4, 0.5) is 0 Å². The van der Waals surface area contributed by atoms with Gasteiger partial charge in [-0.3, -0.25) is 9.59 Å². The fourth-order valence-corrected chi connectivity index (χ4v) is 3.36. The van der Waals surface area contributed by atoms with Gasteiger partial charge in [-0.15, -0.1) is 0 Å². The van der Waals surface area contributed by atoms with E-state index in [1.807, 2.05) is 20.8 Å². The lowest BCUT2D eigenvalue weighted by Crippen LogP contribution is -2.45. The highest BCUT2D eigenvalue weighted by molar-refractivity contribution is 7.89. The van der Waals surface area contributed by atoms with Gasteiger partial charge in [-0.25, -0.2) is 13.1 Å². The van der Waals surface area contributed by atoms with Gasteiger partial charge in [0, 0.05) is 24.3 Å². The molecule has 3 N–H and O–H groups in total. The minimum Gasteiger partial charge on any atom is -0.383 e. The molecule has 0 saturated heterocycles. The minimum absolute atomic E-state index is 0.0440. The smallest absolute Gasteiger partial charge is 0.251 e. The maximum Gasteiger partial charge on any atom is 0.251 e. The molecule has 0 spiro atoms. The molecule has 1 rings (SSSR count). The van der Waals surface area contributed by atoms with Crippen LogP contribution in [0, 0.1) is 0 Å². The topological polar surface area (TPSA) is 114 Å². The molecule has 2 amide bonds. The number of benzene rings is 1. The number of carbonyl (C=O) groups is 2. The van der Waals surface area contributed by atoms with Crippen LogP contribution in [0.1, 0.15) is 38.1 Å². The van der Waals surface area contributed by atoms with E-state index >= 15 is 0 Å². The number of amides is 2. The Bertz CT molecular complexity index is 724. The molecule has 1 aromatic rings. The third-order valence-electron chi connectivity index (χ3n) is 3.12. The van der Waals surface area contributed by atoms with Gasteiger partial charge in [-0.1, -0.05) is 0 Å². The van der Waals surface area contributed by atoms with Crippen molar-refractivity contribution in [3.63, 3.8) is 0 Å². The molecule has 0 aliphatic rings. The average Bonchev–Trinajstić information content (AvgIpc) is 2.51. The van der Waals surface area contributed by atoms with E-state index < -0.39 is 15.9 Å². The highest BCUT2D eigenvalue weighted by Crippen LogP contribution is 2.11. The predicted molar refractivity (Wildman–Crippen MR) is 98.3 cm³/mol. The van der Waals surface area contributed by atoms with Crippen molar-refractivity contribution in [3.05, 3.63) is 29.8 Å². The van der Waals surface area contributed by atoms with Gasteiger partial charge in [0.05, 0.1) is 18.0 Å². The minimum atomic E-state index is -3.70. The Morgan fingerprint density at radius 3 is 2.23 bits per heavy atom. The van der Waals surface area contributed by atoms with Gasteiger partial charge in [-0.05, 0) is 52.0 Å². The molecule has 0 heterocycles. The molecule has 0 aliphatic carbocycles. The maximum absolute atomic E-state index is 12.2. The summed E-state index contributed by atoms with van der Waals surface area (Å²) in [5, 5.41) is 5.23. The van der Waals surface area contributed by atoms with Gasteiger partial charge in [0.15, 0.2) is 0 Å². The summed E-state index contributed by atoms with van der Waals surface area (Å²) in [4.78, 5) is 23.8. The summed E-state index contributed by atoms with van der Waals surface area (Å²) in [7, 11) is -2.21. The van der Waals surface area contributed by atoms with Gasteiger partial charge in [0.1, 0.15) is 0 Å². The lowest BCUT2D eigenvalue weighted by molar-refractivity contribution is -0.121. The number of hydrogen-bond acceptors (Lipinski definition) is 5. The second kappa shape index (κ2) is 9.11.